The van der Waals surface area contributed by atoms with Crippen LogP contribution in [0.4, 0.5) is 0 Å². The second-order valence-corrected chi connectivity index (χ2v) is 3.44. The van der Waals surface area contributed by atoms with Crippen LogP contribution in [0.15, 0.2) is 30.3 Å². The monoisotopic (exact) mass is 298 g/mol. The van der Waals surface area contributed by atoms with Crippen molar-refractivity contribution in [3.63, 3.8) is 0 Å². The normalized spacial score (nSPS) is 9.00. The van der Waals surface area contributed by atoms with E-state index in [1.807, 2.05) is 0 Å². The molecule has 3 heteroatoms. The first-order valence-electron chi connectivity index (χ1n) is 5.33. The number of carbonyl (C=O) groups is 1. The first-order valence-corrected chi connectivity index (χ1v) is 5.33. The van der Waals surface area contributed by atoms with Crippen molar-refractivity contribution in [1.82, 2.24) is 0 Å². The van der Waals surface area contributed by atoms with Crippen LogP contribution in [0.1, 0.15) is 10.4 Å². The van der Waals surface area contributed by atoms with Gasteiger partial charge in [-0.25, -0.2) is 4.79 Å². The molecular formula is C17H6FeO2-10. The van der Waals surface area contributed by atoms with E-state index in [1.54, 1.807) is 30.3 Å². The molecule has 2 nitrogen and oxygen atoms in total. The van der Waals surface area contributed by atoms with Crippen LogP contribution in [0.25, 0.3) is 11.1 Å². The second-order valence-electron chi connectivity index (χ2n) is 3.44. The zero-order valence-electron chi connectivity index (χ0n) is 10.1. The first kappa shape index (κ1) is 16.0. The van der Waals surface area contributed by atoms with Crippen molar-refractivity contribution in [3.8, 4) is 11.1 Å². The summed E-state index contributed by atoms with van der Waals surface area (Å²) in [6.45, 7) is 0. The molecule has 0 bridgehead atoms. The summed E-state index contributed by atoms with van der Waals surface area (Å²) in [7, 11) is 0. The van der Waals surface area contributed by atoms with Gasteiger partial charge in [-0.05, 0) is 0 Å². The molecule has 0 aliphatic rings. The van der Waals surface area contributed by atoms with E-state index in [0.29, 0.717) is 0 Å². The third-order valence-corrected chi connectivity index (χ3v) is 2.21. The number of aromatic carboxylic acids is 1. The van der Waals surface area contributed by atoms with Gasteiger partial charge in [0, 0.05) is 22.6 Å². The summed E-state index contributed by atoms with van der Waals surface area (Å²) in [6, 6.07) is 29.5. The molecule has 0 aliphatic carbocycles. The van der Waals surface area contributed by atoms with Crippen molar-refractivity contribution in [2.75, 3.05) is 0 Å². The molecule has 20 heavy (non-hydrogen) atoms. The van der Waals surface area contributed by atoms with Gasteiger partial charge in [0.15, 0.2) is 0 Å². The van der Waals surface area contributed by atoms with E-state index >= 15 is 0 Å². The van der Waals surface area contributed by atoms with Crippen LogP contribution in [0.2, 0.25) is 0 Å². The molecule has 0 aromatic heterocycles. The fraction of sp³-hybridized carbons (Fsp3) is 0. The maximum absolute atomic E-state index is 10.6. The van der Waals surface area contributed by atoms with Crippen LogP contribution in [-0.2, 0) is 17.1 Å². The van der Waals surface area contributed by atoms with Crippen LogP contribution < -0.4 is 0 Å². The average Bonchev–Trinajstić information content (AvgIpc) is 3.15. The predicted molar refractivity (Wildman–Crippen MR) is 67.2 cm³/mol. The molecule has 0 spiro atoms. The van der Waals surface area contributed by atoms with E-state index in [-0.39, 0.29) is 22.6 Å². The quantitative estimate of drug-likeness (QED) is 0.583. The van der Waals surface area contributed by atoms with Gasteiger partial charge in [-0.3, -0.25) is 0 Å². The number of carboxylic acids is 1. The van der Waals surface area contributed by atoms with Gasteiger partial charge in [0.1, 0.15) is 0 Å². The van der Waals surface area contributed by atoms with Crippen molar-refractivity contribution in [1.29, 1.82) is 0 Å². The Labute approximate surface area is 128 Å². The van der Waals surface area contributed by atoms with Gasteiger partial charge in [-0.15, -0.1) is 0 Å². The standard InChI is InChI=1S/C12H5O2.C5H.Fe/c13-12(14)11-7-5-10(6-8-11)9-3-1-2-4-9;1-2-4-5-3-1;/h5-8H,(H,13,14);1H;/q2*-5;. The Kier molecular flexibility index (Phi) is 6.51. The SMILES string of the molecule is O=C(O)c1ccc(-[c-]2[c-][c-][c-][c-]2)cc1.[Fe].[c-]1[c-][c-][cH-][c-]1. The van der Waals surface area contributed by atoms with Crippen LogP contribution >= 0.6 is 0 Å². The fourth-order valence-electron chi connectivity index (χ4n) is 1.32. The van der Waals surface area contributed by atoms with Gasteiger partial charge in [0.25, 0.3) is 0 Å². The molecule has 3 aromatic carbocycles. The fourth-order valence-corrected chi connectivity index (χ4v) is 1.32. The van der Waals surface area contributed by atoms with Gasteiger partial charge in [0.2, 0.25) is 0 Å². The number of hydrogen-bond donors (Lipinski definition) is 1. The van der Waals surface area contributed by atoms with Crippen LogP contribution in [0, 0.1) is 48.5 Å². The second kappa shape index (κ2) is 8.15. The Morgan fingerprint density at radius 3 is 1.95 bits per heavy atom. The molecule has 0 radical (unpaired) electrons. The predicted octanol–water partition coefficient (Wildman–Crippen LogP) is 2.58. The van der Waals surface area contributed by atoms with Gasteiger partial charge in [0.05, 0.1) is 0 Å². The maximum Gasteiger partial charge on any atom is 0.331 e. The number of hydrogen-bond acceptors (Lipinski definition) is 1. The van der Waals surface area contributed by atoms with E-state index in [4.69, 9.17) is 5.11 Å². The van der Waals surface area contributed by atoms with Crippen LogP contribution in [-0.4, -0.2) is 11.1 Å². The summed E-state index contributed by atoms with van der Waals surface area (Å²) in [4.78, 5) is 10.6. The first-order chi connectivity index (χ1) is 9.27. The van der Waals surface area contributed by atoms with Crippen molar-refractivity contribution < 1.29 is 27.0 Å². The number of benzene rings is 1. The summed E-state index contributed by atoms with van der Waals surface area (Å²) in [5.41, 5.74) is 1.89. The van der Waals surface area contributed by atoms with E-state index < -0.39 is 5.97 Å². The molecule has 1 N–H and O–H groups in total. The van der Waals surface area contributed by atoms with Crippen molar-refractivity contribution in [2.45, 2.75) is 0 Å². The molecule has 3 aromatic rings. The summed E-state index contributed by atoms with van der Waals surface area (Å²) in [5, 5.41) is 8.68. The number of carboxylic acid groups (broad SMARTS) is 1. The molecule has 0 fully saturated rings. The van der Waals surface area contributed by atoms with Crippen LogP contribution in [0.5, 0.6) is 0 Å². The zero-order chi connectivity index (χ0) is 13.5. The summed E-state index contributed by atoms with van der Waals surface area (Å²) < 4.78 is 0. The molecule has 0 unspecified atom stereocenters. The molecule has 0 saturated carbocycles. The van der Waals surface area contributed by atoms with Gasteiger partial charge in [-0.1, -0.05) is 0 Å². The maximum atomic E-state index is 10.6. The molecule has 0 amide bonds. The summed E-state index contributed by atoms with van der Waals surface area (Å²) >= 11 is 0. The topological polar surface area (TPSA) is 37.3 Å². The molecule has 0 aliphatic heterocycles. The van der Waals surface area contributed by atoms with E-state index in [9.17, 15) is 4.79 Å². The van der Waals surface area contributed by atoms with E-state index in [1.165, 1.54) is 0 Å². The molecule has 0 heterocycles. The smallest absolute Gasteiger partial charge is 0.331 e. The Bertz CT molecular complexity index is 576. The molecule has 3 rings (SSSR count). The van der Waals surface area contributed by atoms with Gasteiger partial charge in [-0.2, -0.15) is 12.1 Å². The molecule has 0 saturated heterocycles. The van der Waals surface area contributed by atoms with Crippen molar-refractivity contribution in [2.24, 2.45) is 0 Å². The van der Waals surface area contributed by atoms with E-state index in [0.717, 1.165) is 11.1 Å². The average molecular weight is 298 g/mol. The minimum absolute atomic E-state index is 0. The minimum atomic E-state index is -0.926. The molecule has 0 atom stereocenters. The van der Waals surface area contributed by atoms with Crippen molar-refractivity contribution >= 4 is 5.97 Å². The van der Waals surface area contributed by atoms with Crippen LogP contribution in [0.3, 0.4) is 0 Å². The Morgan fingerprint density at radius 2 is 1.55 bits per heavy atom. The molecular weight excluding hydrogens is 292 g/mol. The number of rotatable bonds is 2. The van der Waals surface area contributed by atoms with Gasteiger partial charge >= 0.3 is 5.97 Å². The van der Waals surface area contributed by atoms with Crippen molar-refractivity contribution in [3.05, 3.63) is 84.4 Å². The van der Waals surface area contributed by atoms with Gasteiger partial charge < -0.3 is 83.0 Å². The minimum Gasteiger partial charge on any atom is -0.999 e. The van der Waals surface area contributed by atoms with E-state index in [2.05, 4.69) is 48.5 Å². The summed E-state index contributed by atoms with van der Waals surface area (Å²) in [6.07, 6.45) is 0. The Morgan fingerprint density at radius 1 is 1.00 bits per heavy atom. The third kappa shape index (κ3) is 4.54. The zero-order valence-corrected chi connectivity index (χ0v) is 11.2. The third-order valence-electron chi connectivity index (χ3n) is 2.21. The summed E-state index contributed by atoms with van der Waals surface area (Å²) in [5.74, 6) is -0.926. The largest absolute Gasteiger partial charge is 0.999 e. The Balaban J connectivity index is 0.000000283. The molecule has 104 valence electrons. The Hall–Kier alpha value is -2.09.